The number of rotatable bonds is 4. The summed E-state index contributed by atoms with van der Waals surface area (Å²) in [6, 6.07) is 11.6. The quantitative estimate of drug-likeness (QED) is 0.642. The van der Waals surface area contributed by atoms with Gasteiger partial charge >= 0.3 is 0 Å². The number of thiazole rings is 1. The number of fused-ring (bicyclic) bond motifs is 1. The first-order valence-electron chi connectivity index (χ1n) is 9.26. The van der Waals surface area contributed by atoms with E-state index >= 15 is 0 Å². The molecule has 4 rings (SSSR count). The van der Waals surface area contributed by atoms with Gasteiger partial charge in [-0.05, 0) is 42.3 Å². The van der Waals surface area contributed by atoms with E-state index in [9.17, 15) is 4.79 Å². The molecule has 0 atom stereocenters. The summed E-state index contributed by atoms with van der Waals surface area (Å²) in [6.45, 7) is 5.02. The third-order valence-electron chi connectivity index (χ3n) is 5.15. The van der Waals surface area contributed by atoms with Gasteiger partial charge in [0.1, 0.15) is 5.75 Å². The zero-order chi connectivity index (χ0) is 19.7. The van der Waals surface area contributed by atoms with E-state index in [4.69, 9.17) is 21.3 Å². The van der Waals surface area contributed by atoms with Gasteiger partial charge in [0.2, 0.25) is 5.91 Å². The number of halogens is 1. The molecular weight excluding hydrogens is 394 g/mol. The van der Waals surface area contributed by atoms with Crippen LogP contribution in [0.25, 0.3) is 10.2 Å². The fraction of sp³-hybridized carbons (Fsp3) is 0.333. The summed E-state index contributed by atoms with van der Waals surface area (Å²) in [5.41, 5.74) is 3.01. The molecule has 2 heterocycles. The predicted octanol–water partition coefficient (Wildman–Crippen LogP) is 4.16. The number of piperazine rings is 1. The van der Waals surface area contributed by atoms with E-state index in [0.29, 0.717) is 19.5 Å². The monoisotopic (exact) mass is 415 g/mol. The molecule has 0 unspecified atom stereocenters. The summed E-state index contributed by atoms with van der Waals surface area (Å²) >= 11 is 7.90. The summed E-state index contributed by atoms with van der Waals surface area (Å²) in [5, 5.41) is 1.75. The number of nitrogens with zero attached hydrogens (tertiary/aromatic N) is 3. The molecule has 7 heteroatoms. The molecule has 1 saturated heterocycles. The highest BCUT2D eigenvalue weighted by Crippen LogP contribution is 2.33. The number of anilines is 1. The molecular formula is C21H22ClN3O2S. The average Bonchev–Trinajstić information content (AvgIpc) is 3.16. The Bertz CT molecular complexity index is 995. The highest BCUT2D eigenvalue weighted by molar-refractivity contribution is 7.22. The first kappa shape index (κ1) is 19.0. The minimum Gasteiger partial charge on any atom is -0.497 e. The molecule has 2 aromatic carbocycles. The first-order valence-corrected chi connectivity index (χ1v) is 10.5. The van der Waals surface area contributed by atoms with Crippen LogP contribution in [0.4, 0.5) is 5.13 Å². The summed E-state index contributed by atoms with van der Waals surface area (Å²) in [4.78, 5) is 21.6. The number of carbonyl (C=O) groups is 1. The lowest BCUT2D eigenvalue weighted by molar-refractivity contribution is -0.130. The molecule has 3 aromatic rings. The van der Waals surface area contributed by atoms with Crippen molar-refractivity contribution in [2.45, 2.75) is 13.3 Å². The largest absolute Gasteiger partial charge is 0.497 e. The van der Waals surface area contributed by atoms with Crippen LogP contribution < -0.4 is 9.64 Å². The molecule has 1 aromatic heterocycles. The van der Waals surface area contributed by atoms with Gasteiger partial charge < -0.3 is 14.5 Å². The van der Waals surface area contributed by atoms with Crippen molar-refractivity contribution in [1.82, 2.24) is 9.88 Å². The van der Waals surface area contributed by atoms with Crippen molar-refractivity contribution < 1.29 is 9.53 Å². The molecule has 0 spiro atoms. The molecule has 146 valence electrons. The van der Waals surface area contributed by atoms with Crippen LogP contribution in [-0.2, 0) is 11.2 Å². The number of aryl methyl sites for hydroxylation is 1. The molecule has 0 radical (unpaired) electrons. The van der Waals surface area contributed by atoms with Gasteiger partial charge in [0.25, 0.3) is 0 Å². The smallest absolute Gasteiger partial charge is 0.227 e. The summed E-state index contributed by atoms with van der Waals surface area (Å²) in [6.07, 6.45) is 0.419. The number of methoxy groups -OCH3 is 1. The lowest BCUT2D eigenvalue weighted by Crippen LogP contribution is -2.49. The van der Waals surface area contributed by atoms with Crippen LogP contribution in [0.15, 0.2) is 36.4 Å². The zero-order valence-corrected chi connectivity index (χ0v) is 17.5. The average molecular weight is 416 g/mol. The normalized spacial score (nSPS) is 14.5. The highest BCUT2D eigenvalue weighted by Gasteiger charge is 2.23. The van der Waals surface area contributed by atoms with E-state index in [2.05, 4.69) is 4.90 Å². The Balaban J connectivity index is 1.38. The van der Waals surface area contributed by atoms with Crippen LogP contribution in [-0.4, -0.2) is 49.1 Å². The second-order valence-electron chi connectivity index (χ2n) is 6.91. The third kappa shape index (κ3) is 3.80. The Morgan fingerprint density at radius 3 is 2.54 bits per heavy atom. The maximum absolute atomic E-state index is 12.6. The van der Waals surface area contributed by atoms with Gasteiger partial charge in [-0.25, -0.2) is 4.98 Å². The lowest BCUT2D eigenvalue weighted by Gasteiger charge is -2.34. The number of carbonyl (C=O) groups excluding carboxylic acids is 1. The van der Waals surface area contributed by atoms with Crippen LogP contribution in [0.2, 0.25) is 5.02 Å². The van der Waals surface area contributed by atoms with Crippen molar-refractivity contribution in [3.8, 4) is 5.75 Å². The van der Waals surface area contributed by atoms with Crippen molar-refractivity contribution in [2.75, 3.05) is 38.2 Å². The number of benzene rings is 2. The standard InChI is InChI=1S/C21H22ClN3O2S/c1-14-17(22)7-8-18-20(14)23-21(28-18)25-11-9-24(10-12-25)19(26)13-15-3-5-16(27-2)6-4-15/h3-8H,9-13H2,1-2H3. The molecule has 0 bridgehead atoms. The minimum absolute atomic E-state index is 0.164. The van der Waals surface area contributed by atoms with Gasteiger partial charge in [-0.15, -0.1) is 0 Å². The SMILES string of the molecule is COc1ccc(CC(=O)N2CCN(c3nc4c(C)c(Cl)ccc4s3)CC2)cc1. The first-order chi connectivity index (χ1) is 13.5. The van der Waals surface area contributed by atoms with Crippen LogP contribution in [0, 0.1) is 6.92 Å². The van der Waals surface area contributed by atoms with Gasteiger partial charge in [0.15, 0.2) is 5.13 Å². The summed E-state index contributed by atoms with van der Waals surface area (Å²) in [7, 11) is 1.64. The fourth-order valence-corrected chi connectivity index (χ4v) is 4.63. The second kappa shape index (κ2) is 7.97. The molecule has 1 amide bonds. The number of hydrogen-bond donors (Lipinski definition) is 0. The number of amides is 1. The number of hydrogen-bond acceptors (Lipinski definition) is 5. The van der Waals surface area contributed by atoms with E-state index in [0.717, 1.165) is 50.3 Å². The van der Waals surface area contributed by atoms with E-state index in [-0.39, 0.29) is 5.91 Å². The maximum atomic E-state index is 12.6. The topological polar surface area (TPSA) is 45.7 Å². The fourth-order valence-electron chi connectivity index (χ4n) is 3.40. The van der Waals surface area contributed by atoms with E-state index in [1.807, 2.05) is 48.2 Å². The maximum Gasteiger partial charge on any atom is 0.227 e. The molecule has 1 aliphatic heterocycles. The predicted molar refractivity (Wildman–Crippen MR) is 115 cm³/mol. The van der Waals surface area contributed by atoms with Crippen molar-refractivity contribution in [3.63, 3.8) is 0 Å². The summed E-state index contributed by atoms with van der Waals surface area (Å²) < 4.78 is 6.31. The molecule has 0 aliphatic carbocycles. The molecule has 0 N–H and O–H groups in total. The number of ether oxygens (including phenoxy) is 1. The van der Waals surface area contributed by atoms with Crippen LogP contribution in [0.5, 0.6) is 5.75 Å². The van der Waals surface area contributed by atoms with Gasteiger partial charge in [-0.1, -0.05) is 35.1 Å². The summed E-state index contributed by atoms with van der Waals surface area (Å²) in [5.74, 6) is 0.967. The zero-order valence-electron chi connectivity index (χ0n) is 15.9. The van der Waals surface area contributed by atoms with Crippen molar-refractivity contribution in [3.05, 3.63) is 52.5 Å². The molecule has 5 nitrogen and oxygen atoms in total. The van der Waals surface area contributed by atoms with E-state index < -0.39 is 0 Å². The van der Waals surface area contributed by atoms with Gasteiger partial charge in [-0.2, -0.15) is 0 Å². The van der Waals surface area contributed by atoms with Crippen LogP contribution in [0.3, 0.4) is 0 Å². The van der Waals surface area contributed by atoms with E-state index in [1.54, 1.807) is 18.4 Å². The Morgan fingerprint density at radius 2 is 1.86 bits per heavy atom. The van der Waals surface area contributed by atoms with Crippen molar-refractivity contribution in [1.29, 1.82) is 0 Å². The van der Waals surface area contributed by atoms with Gasteiger partial charge in [0, 0.05) is 31.2 Å². The van der Waals surface area contributed by atoms with Crippen molar-refractivity contribution in [2.24, 2.45) is 0 Å². The number of aromatic nitrogens is 1. The van der Waals surface area contributed by atoms with Gasteiger partial charge in [0.05, 0.1) is 23.7 Å². The van der Waals surface area contributed by atoms with Crippen LogP contribution >= 0.6 is 22.9 Å². The Hall–Kier alpha value is -2.31. The molecule has 1 fully saturated rings. The Morgan fingerprint density at radius 1 is 1.14 bits per heavy atom. The molecule has 28 heavy (non-hydrogen) atoms. The van der Waals surface area contributed by atoms with E-state index in [1.165, 1.54) is 0 Å². The Labute approximate surface area is 173 Å². The second-order valence-corrected chi connectivity index (χ2v) is 8.32. The molecule has 0 saturated carbocycles. The minimum atomic E-state index is 0.164. The highest BCUT2D eigenvalue weighted by atomic mass is 35.5. The van der Waals surface area contributed by atoms with Gasteiger partial charge in [-0.3, -0.25) is 4.79 Å². The lowest BCUT2D eigenvalue weighted by atomic mass is 10.1. The Kier molecular flexibility index (Phi) is 5.42. The third-order valence-corrected chi connectivity index (χ3v) is 6.64. The van der Waals surface area contributed by atoms with Crippen molar-refractivity contribution >= 4 is 44.2 Å². The van der Waals surface area contributed by atoms with Crippen LogP contribution in [0.1, 0.15) is 11.1 Å². The molecule has 1 aliphatic rings.